The van der Waals surface area contributed by atoms with Crippen LogP contribution >= 0.6 is 0 Å². The number of anilines is 3. The van der Waals surface area contributed by atoms with E-state index in [4.69, 9.17) is 4.74 Å². The van der Waals surface area contributed by atoms with E-state index >= 15 is 0 Å². The average Bonchev–Trinajstić information content (AvgIpc) is 3.66. The number of fused-ring (bicyclic) bond motifs is 1. The summed E-state index contributed by atoms with van der Waals surface area (Å²) in [5, 5.41) is 13.0. The van der Waals surface area contributed by atoms with Crippen molar-refractivity contribution in [3.63, 3.8) is 0 Å². The number of hydrogen-bond donors (Lipinski definition) is 4. The van der Waals surface area contributed by atoms with Gasteiger partial charge in [0.05, 0.1) is 12.3 Å². The van der Waals surface area contributed by atoms with Crippen LogP contribution in [0.2, 0.25) is 0 Å². The van der Waals surface area contributed by atoms with E-state index in [9.17, 15) is 19.2 Å². The molecule has 49 heavy (non-hydrogen) atoms. The first-order valence-corrected chi connectivity index (χ1v) is 15.7. The largest absolute Gasteiger partial charge is 0.383 e. The van der Waals surface area contributed by atoms with Crippen molar-refractivity contribution in [2.45, 2.75) is 6.92 Å². The highest BCUT2D eigenvalue weighted by Gasteiger charge is 2.18. The molecule has 2 aromatic carbocycles. The number of ether oxygens (including phenoxy) is 1. The SMILES string of the molecule is CCN(CCNC(=O)c1nc(NC(=O)c2ccc(NC(=O)c3cc(NC(=O)c4cc5ccccc5cn4)cn3C)cc2)cn1C)CCOC. The zero-order valence-corrected chi connectivity index (χ0v) is 27.8. The number of likely N-dealkylation sites (N-methyl/N-ethyl adjacent to an activating group) is 1. The molecule has 4 N–H and O–H groups in total. The van der Waals surface area contributed by atoms with Crippen molar-refractivity contribution in [2.75, 3.05) is 55.8 Å². The van der Waals surface area contributed by atoms with Gasteiger partial charge in [0.2, 0.25) is 5.82 Å². The summed E-state index contributed by atoms with van der Waals surface area (Å²) >= 11 is 0. The number of hydrogen-bond acceptors (Lipinski definition) is 8. The van der Waals surface area contributed by atoms with Crippen LogP contribution in [0.1, 0.15) is 48.9 Å². The van der Waals surface area contributed by atoms with Crippen LogP contribution in [0.15, 0.2) is 79.3 Å². The summed E-state index contributed by atoms with van der Waals surface area (Å²) in [4.78, 5) is 62.2. The molecule has 0 saturated heterocycles. The van der Waals surface area contributed by atoms with Crippen molar-refractivity contribution in [2.24, 2.45) is 14.1 Å². The molecule has 0 unspecified atom stereocenters. The van der Waals surface area contributed by atoms with E-state index in [0.717, 1.165) is 23.9 Å². The van der Waals surface area contributed by atoms with Crippen molar-refractivity contribution in [3.05, 3.63) is 102 Å². The first-order chi connectivity index (χ1) is 23.6. The summed E-state index contributed by atoms with van der Waals surface area (Å²) in [6.07, 6.45) is 4.85. The van der Waals surface area contributed by atoms with E-state index in [2.05, 4.69) is 36.1 Å². The highest BCUT2D eigenvalue weighted by atomic mass is 16.5. The topological polar surface area (TPSA) is 165 Å². The Bertz CT molecular complexity index is 1970. The van der Waals surface area contributed by atoms with Gasteiger partial charge in [0.1, 0.15) is 11.4 Å². The molecular weight excluding hydrogens is 626 g/mol. The number of carbonyl (C=O) groups excluding carboxylic acids is 4. The summed E-state index contributed by atoms with van der Waals surface area (Å²) in [7, 11) is 5.03. The number of aromatic nitrogens is 4. The first-order valence-electron chi connectivity index (χ1n) is 15.7. The summed E-state index contributed by atoms with van der Waals surface area (Å²) in [5.41, 5.74) is 1.81. The molecular formula is C35H39N9O5. The Morgan fingerprint density at radius 3 is 2.27 bits per heavy atom. The van der Waals surface area contributed by atoms with Crippen molar-refractivity contribution >= 4 is 51.6 Å². The third-order valence-corrected chi connectivity index (χ3v) is 7.86. The molecule has 254 valence electrons. The molecule has 0 aliphatic rings. The summed E-state index contributed by atoms with van der Waals surface area (Å²) in [6, 6.07) is 17.3. The van der Waals surface area contributed by atoms with Gasteiger partial charge < -0.3 is 35.1 Å². The van der Waals surface area contributed by atoms with Crippen molar-refractivity contribution in [3.8, 4) is 0 Å². The number of methoxy groups -OCH3 is 1. The zero-order chi connectivity index (χ0) is 34.9. The maximum absolute atomic E-state index is 13.1. The minimum absolute atomic E-state index is 0.169. The fraction of sp³-hybridized carbons (Fsp3) is 0.257. The van der Waals surface area contributed by atoms with Crippen LogP contribution in [0.4, 0.5) is 17.2 Å². The lowest BCUT2D eigenvalue weighted by Crippen LogP contribution is -2.37. The predicted octanol–water partition coefficient (Wildman–Crippen LogP) is 3.76. The minimum Gasteiger partial charge on any atom is -0.383 e. The first kappa shape index (κ1) is 34.5. The average molecular weight is 666 g/mol. The number of aryl methyl sites for hydroxylation is 2. The van der Waals surface area contributed by atoms with Crippen molar-refractivity contribution in [1.82, 2.24) is 29.3 Å². The maximum Gasteiger partial charge on any atom is 0.287 e. The van der Waals surface area contributed by atoms with Crippen LogP contribution in [0, 0.1) is 0 Å². The molecule has 5 aromatic rings. The summed E-state index contributed by atoms with van der Waals surface area (Å²) < 4.78 is 8.27. The van der Waals surface area contributed by atoms with Crippen LogP contribution in [0.25, 0.3) is 10.8 Å². The predicted molar refractivity (Wildman–Crippen MR) is 187 cm³/mol. The zero-order valence-electron chi connectivity index (χ0n) is 27.8. The van der Waals surface area contributed by atoms with Gasteiger partial charge in [-0.3, -0.25) is 29.1 Å². The van der Waals surface area contributed by atoms with Crippen LogP contribution in [-0.2, 0) is 18.8 Å². The molecule has 0 radical (unpaired) electrons. The van der Waals surface area contributed by atoms with Gasteiger partial charge in [-0.15, -0.1) is 0 Å². The van der Waals surface area contributed by atoms with Gasteiger partial charge in [-0.25, -0.2) is 4.98 Å². The molecule has 0 aliphatic heterocycles. The molecule has 4 amide bonds. The van der Waals surface area contributed by atoms with Gasteiger partial charge in [-0.1, -0.05) is 31.2 Å². The highest BCUT2D eigenvalue weighted by Crippen LogP contribution is 2.19. The molecule has 0 fully saturated rings. The van der Waals surface area contributed by atoms with Gasteiger partial charge in [-0.05, 0) is 48.3 Å². The summed E-state index contributed by atoms with van der Waals surface area (Å²) in [5.74, 6) is -1.17. The Hall–Kier alpha value is -5.86. The Morgan fingerprint density at radius 1 is 0.796 bits per heavy atom. The molecule has 14 heteroatoms. The summed E-state index contributed by atoms with van der Waals surface area (Å²) in [6.45, 7) is 5.39. The fourth-order valence-corrected chi connectivity index (χ4v) is 5.14. The van der Waals surface area contributed by atoms with Gasteiger partial charge in [0, 0.05) is 76.1 Å². The van der Waals surface area contributed by atoms with Gasteiger partial charge in [0.25, 0.3) is 23.6 Å². The standard InChI is InChI=1S/C35H39N9O5/c1-5-44(16-17-49-4)15-14-36-35(48)31-40-30(22-43(31)3)41-32(45)23-10-12-26(13-11-23)38-34(47)29-19-27(21-42(29)2)39-33(46)28-18-24-8-6-7-9-25(24)20-37-28/h6-13,18-22H,5,14-17H2,1-4H3,(H,36,48)(H,38,47)(H,39,46)(H,41,45). The van der Waals surface area contributed by atoms with Crippen LogP contribution < -0.4 is 21.3 Å². The van der Waals surface area contributed by atoms with E-state index in [0.29, 0.717) is 42.3 Å². The second-order valence-corrected chi connectivity index (χ2v) is 11.3. The maximum atomic E-state index is 13.1. The van der Waals surface area contributed by atoms with E-state index < -0.39 is 17.7 Å². The Morgan fingerprint density at radius 2 is 1.53 bits per heavy atom. The molecule has 0 aliphatic carbocycles. The van der Waals surface area contributed by atoms with E-state index in [-0.39, 0.29) is 23.2 Å². The van der Waals surface area contributed by atoms with Gasteiger partial charge in [0.15, 0.2) is 5.82 Å². The number of rotatable bonds is 14. The monoisotopic (exact) mass is 665 g/mol. The third kappa shape index (κ3) is 8.74. The number of carbonyl (C=O) groups is 4. The fourth-order valence-electron chi connectivity index (χ4n) is 5.14. The molecule has 3 heterocycles. The second kappa shape index (κ2) is 15.8. The van der Waals surface area contributed by atoms with Crippen LogP contribution in [0.3, 0.4) is 0 Å². The number of pyridine rings is 1. The molecule has 0 spiro atoms. The Labute approximate surface area is 283 Å². The quantitative estimate of drug-likeness (QED) is 0.139. The number of benzene rings is 2. The lowest BCUT2D eigenvalue weighted by atomic mass is 10.1. The molecule has 14 nitrogen and oxygen atoms in total. The van der Waals surface area contributed by atoms with Crippen molar-refractivity contribution in [1.29, 1.82) is 0 Å². The number of amides is 4. The number of nitrogens with one attached hydrogen (secondary N) is 4. The van der Waals surface area contributed by atoms with Crippen molar-refractivity contribution < 1.29 is 23.9 Å². The number of nitrogens with zero attached hydrogens (tertiary/aromatic N) is 5. The third-order valence-electron chi connectivity index (χ3n) is 7.86. The Kier molecular flexibility index (Phi) is 11.1. The van der Waals surface area contributed by atoms with Crippen LogP contribution in [-0.4, -0.2) is 87.5 Å². The second-order valence-electron chi connectivity index (χ2n) is 11.3. The lowest BCUT2D eigenvalue weighted by molar-refractivity contribution is 0.0929. The Balaban J connectivity index is 1.13. The van der Waals surface area contributed by atoms with E-state index in [1.54, 1.807) is 85.3 Å². The van der Waals surface area contributed by atoms with Gasteiger partial charge >= 0.3 is 0 Å². The molecule has 0 bridgehead atoms. The molecule has 0 saturated carbocycles. The highest BCUT2D eigenvalue weighted by molar-refractivity contribution is 6.08. The minimum atomic E-state index is -0.427. The molecule has 0 atom stereocenters. The lowest BCUT2D eigenvalue weighted by Gasteiger charge is -2.19. The van der Waals surface area contributed by atoms with E-state index in [1.807, 2.05) is 31.2 Å². The van der Waals surface area contributed by atoms with Crippen LogP contribution in [0.5, 0.6) is 0 Å². The molecule has 3 aromatic heterocycles. The number of imidazole rings is 1. The normalized spacial score (nSPS) is 11.0. The molecule has 5 rings (SSSR count). The van der Waals surface area contributed by atoms with Gasteiger partial charge in [-0.2, -0.15) is 0 Å². The van der Waals surface area contributed by atoms with E-state index in [1.165, 1.54) is 0 Å². The smallest absolute Gasteiger partial charge is 0.287 e.